The zero-order chi connectivity index (χ0) is 14.0. The highest BCUT2D eigenvalue weighted by atomic mass is 79.9. The largest absolute Gasteiger partial charge is 0.389 e. The standard InChI is InChI=1S/C13H12Br2N2S2/c1-17(6-8-4-12(15)19-7-8)9-2-3-10(13(16)18)11(14)5-9/h2-5,7H,6H2,1H3,(H2,16,18). The zero-order valence-corrected chi connectivity index (χ0v) is 15.0. The normalized spacial score (nSPS) is 10.5. The third kappa shape index (κ3) is 3.78. The van der Waals surface area contributed by atoms with Crippen molar-refractivity contribution in [2.45, 2.75) is 6.54 Å². The van der Waals surface area contributed by atoms with Crippen LogP contribution in [-0.4, -0.2) is 12.0 Å². The van der Waals surface area contributed by atoms with E-state index in [2.05, 4.69) is 55.3 Å². The Balaban J connectivity index is 2.17. The second-order valence-corrected chi connectivity index (χ2v) is 7.73. The van der Waals surface area contributed by atoms with Crippen molar-refractivity contribution in [3.8, 4) is 0 Å². The van der Waals surface area contributed by atoms with Gasteiger partial charge in [-0.1, -0.05) is 12.2 Å². The number of hydrogen-bond donors (Lipinski definition) is 1. The summed E-state index contributed by atoms with van der Waals surface area (Å²) >= 11 is 13.7. The molecule has 19 heavy (non-hydrogen) atoms. The van der Waals surface area contributed by atoms with E-state index < -0.39 is 0 Å². The summed E-state index contributed by atoms with van der Waals surface area (Å²) < 4.78 is 2.08. The maximum Gasteiger partial charge on any atom is 0.105 e. The summed E-state index contributed by atoms with van der Waals surface area (Å²) in [6.07, 6.45) is 0. The lowest BCUT2D eigenvalue weighted by molar-refractivity contribution is 0.927. The highest BCUT2D eigenvalue weighted by Gasteiger charge is 2.08. The zero-order valence-electron chi connectivity index (χ0n) is 10.2. The van der Waals surface area contributed by atoms with Gasteiger partial charge < -0.3 is 10.6 Å². The van der Waals surface area contributed by atoms with Crippen molar-refractivity contribution >= 4 is 66.1 Å². The molecule has 0 aliphatic rings. The van der Waals surface area contributed by atoms with Gasteiger partial charge in [-0.15, -0.1) is 11.3 Å². The first-order valence-corrected chi connectivity index (χ1v) is 8.38. The minimum Gasteiger partial charge on any atom is -0.389 e. The van der Waals surface area contributed by atoms with Crippen LogP contribution in [0.4, 0.5) is 5.69 Å². The molecule has 2 rings (SSSR count). The van der Waals surface area contributed by atoms with Crippen LogP contribution in [0.15, 0.2) is 37.9 Å². The molecule has 2 aromatic rings. The summed E-state index contributed by atoms with van der Waals surface area (Å²) in [7, 11) is 2.06. The summed E-state index contributed by atoms with van der Waals surface area (Å²) in [5, 5.41) is 2.15. The number of benzene rings is 1. The molecule has 0 amide bonds. The van der Waals surface area contributed by atoms with Crippen LogP contribution in [0, 0.1) is 0 Å². The minimum atomic E-state index is 0.405. The van der Waals surface area contributed by atoms with Crippen LogP contribution in [0.25, 0.3) is 0 Å². The lowest BCUT2D eigenvalue weighted by atomic mass is 10.2. The Morgan fingerprint density at radius 1 is 1.37 bits per heavy atom. The number of halogens is 2. The summed E-state index contributed by atoms with van der Waals surface area (Å²) in [5.41, 5.74) is 8.92. The molecule has 0 atom stereocenters. The maximum absolute atomic E-state index is 5.65. The van der Waals surface area contributed by atoms with Crippen molar-refractivity contribution in [3.63, 3.8) is 0 Å². The molecule has 0 spiro atoms. The van der Waals surface area contributed by atoms with E-state index in [0.717, 1.165) is 26.1 Å². The summed E-state index contributed by atoms with van der Waals surface area (Å²) in [4.78, 5) is 2.59. The molecular formula is C13H12Br2N2S2. The smallest absolute Gasteiger partial charge is 0.105 e. The molecule has 100 valence electrons. The highest BCUT2D eigenvalue weighted by molar-refractivity contribution is 9.11. The molecule has 0 saturated heterocycles. The summed E-state index contributed by atoms with van der Waals surface area (Å²) in [6, 6.07) is 8.15. The van der Waals surface area contributed by atoms with Gasteiger partial charge in [0.1, 0.15) is 4.99 Å². The molecule has 0 radical (unpaired) electrons. The highest BCUT2D eigenvalue weighted by Crippen LogP contribution is 2.26. The van der Waals surface area contributed by atoms with E-state index in [-0.39, 0.29) is 0 Å². The van der Waals surface area contributed by atoms with Crippen LogP contribution in [0.1, 0.15) is 11.1 Å². The van der Waals surface area contributed by atoms with Crippen molar-refractivity contribution in [3.05, 3.63) is 49.0 Å². The lowest BCUT2D eigenvalue weighted by Gasteiger charge is -2.19. The van der Waals surface area contributed by atoms with E-state index in [1.165, 1.54) is 5.56 Å². The Bertz CT molecular complexity index is 610. The van der Waals surface area contributed by atoms with E-state index in [0.29, 0.717) is 4.99 Å². The van der Waals surface area contributed by atoms with Crippen LogP contribution in [0.2, 0.25) is 0 Å². The first-order chi connectivity index (χ1) is 8.97. The third-order valence-corrected chi connectivity index (χ3v) is 5.13. The van der Waals surface area contributed by atoms with Crippen molar-refractivity contribution < 1.29 is 0 Å². The molecule has 1 aromatic carbocycles. The molecule has 0 aliphatic carbocycles. The van der Waals surface area contributed by atoms with Crippen molar-refractivity contribution in [1.82, 2.24) is 0 Å². The lowest BCUT2D eigenvalue weighted by Crippen LogP contribution is -2.17. The molecule has 0 bridgehead atoms. The Kier molecular flexibility index (Phi) is 5.00. The molecule has 2 N–H and O–H groups in total. The average Bonchev–Trinajstić information content (AvgIpc) is 2.74. The molecule has 1 aromatic heterocycles. The molecule has 1 heterocycles. The molecule has 2 nitrogen and oxygen atoms in total. The molecule has 0 aliphatic heterocycles. The van der Waals surface area contributed by atoms with Crippen molar-refractivity contribution in [1.29, 1.82) is 0 Å². The van der Waals surface area contributed by atoms with E-state index in [1.807, 2.05) is 18.2 Å². The number of thiocarbonyl (C=S) groups is 1. The molecule has 0 saturated carbocycles. The Morgan fingerprint density at radius 2 is 2.11 bits per heavy atom. The minimum absolute atomic E-state index is 0.405. The number of thiophene rings is 1. The Hall–Kier alpha value is -0.430. The number of nitrogens with two attached hydrogens (primary N) is 1. The molecular weight excluding hydrogens is 408 g/mol. The van der Waals surface area contributed by atoms with Gasteiger partial charge in [-0.3, -0.25) is 0 Å². The predicted molar refractivity (Wildman–Crippen MR) is 94.2 cm³/mol. The van der Waals surface area contributed by atoms with E-state index in [1.54, 1.807) is 11.3 Å². The quantitative estimate of drug-likeness (QED) is 0.737. The average molecular weight is 420 g/mol. The molecule has 0 fully saturated rings. The van der Waals surface area contributed by atoms with E-state index in [4.69, 9.17) is 18.0 Å². The predicted octanol–water partition coefficient (Wildman–Crippen LogP) is 4.54. The number of hydrogen-bond acceptors (Lipinski definition) is 3. The summed E-state index contributed by atoms with van der Waals surface area (Å²) in [6.45, 7) is 0.862. The van der Waals surface area contributed by atoms with E-state index >= 15 is 0 Å². The fourth-order valence-electron chi connectivity index (χ4n) is 1.74. The second-order valence-electron chi connectivity index (χ2n) is 4.14. The summed E-state index contributed by atoms with van der Waals surface area (Å²) in [5.74, 6) is 0. The Morgan fingerprint density at radius 3 is 2.63 bits per heavy atom. The van der Waals surface area contributed by atoms with Gasteiger partial charge in [0.05, 0.1) is 3.79 Å². The van der Waals surface area contributed by atoms with Crippen LogP contribution < -0.4 is 10.6 Å². The van der Waals surface area contributed by atoms with Gasteiger partial charge in [-0.05, 0) is 67.1 Å². The van der Waals surface area contributed by atoms with Crippen molar-refractivity contribution in [2.75, 3.05) is 11.9 Å². The molecule has 0 unspecified atom stereocenters. The van der Waals surface area contributed by atoms with Crippen LogP contribution in [-0.2, 0) is 6.54 Å². The van der Waals surface area contributed by atoms with Gasteiger partial charge >= 0.3 is 0 Å². The van der Waals surface area contributed by atoms with Gasteiger partial charge in [0.25, 0.3) is 0 Å². The second kappa shape index (κ2) is 6.35. The van der Waals surface area contributed by atoms with Gasteiger partial charge in [0, 0.05) is 29.3 Å². The van der Waals surface area contributed by atoms with Crippen molar-refractivity contribution in [2.24, 2.45) is 5.73 Å². The fraction of sp³-hybridized carbons (Fsp3) is 0.154. The number of anilines is 1. The van der Waals surface area contributed by atoms with Gasteiger partial charge in [0.2, 0.25) is 0 Å². The van der Waals surface area contributed by atoms with Crippen LogP contribution in [0.3, 0.4) is 0 Å². The van der Waals surface area contributed by atoms with Crippen LogP contribution in [0.5, 0.6) is 0 Å². The van der Waals surface area contributed by atoms with Gasteiger partial charge in [0.15, 0.2) is 0 Å². The van der Waals surface area contributed by atoms with Crippen LogP contribution >= 0.6 is 55.4 Å². The maximum atomic E-state index is 5.65. The number of nitrogens with zero attached hydrogens (tertiary/aromatic N) is 1. The monoisotopic (exact) mass is 418 g/mol. The Labute approximate surface area is 138 Å². The van der Waals surface area contributed by atoms with Gasteiger partial charge in [-0.2, -0.15) is 0 Å². The van der Waals surface area contributed by atoms with Gasteiger partial charge in [-0.25, -0.2) is 0 Å². The topological polar surface area (TPSA) is 29.3 Å². The number of rotatable bonds is 4. The van der Waals surface area contributed by atoms with E-state index in [9.17, 15) is 0 Å². The first-order valence-electron chi connectivity index (χ1n) is 5.51. The first kappa shape index (κ1) is 15.0. The third-order valence-electron chi connectivity index (χ3n) is 2.70. The molecule has 6 heteroatoms. The SMILES string of the molecule is CN(Cc1csc(Br)c1)c1ccc(C(N)=S)c(Br)c1. The fourth-order valence-corrected chi connectivity index (χ4v) is 3.82.